The lowest BCUT2D eigenvalue weighted by Crippen LogP contribution is -1.88. The van der Waals surface area contributed by atoms with E-state index in [1.807, 2.05) is 12.4 Å². The van der Waals surface area contributed by atoms with Crippen LogP contribution in [0.2, 0.25) is 0 Å². The molecule has 0 aliphatic carbocycles. The van der Waals surface area contributed by atoms with E-state index in [0.29, 0.717) is 0 Å². The average Bonchev–Trinajstić information content (AvgIpc) is 3.26. The fourth-order valence-corrected chi connectivity index (χ4v) is 4.80. The summed E-state index contributed by atoms with van der Waals surface area (Å²) in [5.41, 5.74) is 4.80. The van der Waals surface area contributed by atoms with Gasteiger partial charge in [-0.05, 0) is 58.5 Å². The molecule has 0 spiro atoms. The SMILES string of the molecule is Brc1ccc(-c2cnsc2Cc2sncc2-c2ccc(Br)cc2)cc1. The van der Waals surface area contributed by atoms with E-state index in [4.69, 9.17) is 0 Å². The first-order chi connectivity index (χ1) is 12.2. The average molecular weight is 492 g/mol. The molecule has 4 rings (SSSR count). The Morgan fingerprint density at radius 3 is 1.44 bits per heavy atom. The van der Waals surface area contributed by atoms with E-state index in [-0.39, 0.29) is 0 Å². The van der Waals surface area contributed by atoms with Gasteiger partial charge < -0.3 is 0 Å². The minimum absolute atomic E-state index is 0.853. The molecular formula is C19H12Br2N2S2. The summed E-state index contributed by atoms with van der Waals surface area (Å²) in [4.78, 5) is 2.54. The Labute approximate surface area is 171 Å². The second kappa shape index (κ2) is 7.50. The fraction of sp³-hybridized carbons (Fsp3) is 0.0526. The van der Waals surface area contributed by atoms with Gasteiger partial charge in [-0.25, -0.2) is 8.75 Å². The third-order valence-corrected chi connectivity index (χ3v) is 6.57. The van der Waals surface area contributed by atoms with Crippen LogP contribution in [0.5, 0.6) is 0 Å². The Balaban J connectivity index is 1.67. The summed E-state index contributed by atoms with van der Waals surface area (Å²) in [7, 11) is 0. The Bertz CT molecular complexity index is 907. The molecule has 2 nitrogen and oxygen atoms in total. The molecule has 0 saturated carbocycles. The largest absolute Gasteiger partial charge is 0.200 e. The van der Waals surface area contributed by atoms with Crippen LogP contribution in [0.4, 0.5) is 0 Å². The summed E-state index contributed by atoms with van der Waals surface area (Å²) >= 11 is 10.1. The van der Waals surface area contributed by atoms with Gasteiger partial charge >= 0.3 is 0 Å². The van der Waals surface area contributed by atoms with Gasteiger partial charge in [-0.15, -0.1) is 0 Å². The second-order valence-electron chi connectivity index (χ2n) is 5.52. The van der Waals surface area contributed by atoms with Crippen molar-refractivity contribution in [2.75, 3.05) is 0 Å². The van der Waals surface area contributed by atoms with Crippen LogP contribution in [0.3, 0.4) is 0 Å². The summed E-state index contributed by atoms with van der Waals surface area (Å²) in [6.45, 7) is 0. The first-order valence-electron chi connectivity index (χ1n) is 7.59. The van der Waals surface area contributed by atoms with Crippen LogP contribution in [0, 0.1) is 0 Å². The standard InChI is InChI=1S/C19H12Br2N2S2/c20-14-5-1-12(2-6-14)16-10-22-24-18(16)9-19-17(11-23-25-19)13-3-7-15(21)8-4-13/h1-8,10-11H,9H2. The molecule has 0 aliphatic rings. The molecule has 2 aromatic heterocycles. The van der Waals surface area contributed by atoms with Crippen molar-refractivity contribution in [3.05, 3.63) is 79.6 Å². The summed E-state index contributed by atoms with van der Waals surface area (Å²) in [6, 6.07) is 16.8. The predicted molar refractivity (Wildman–Crippen MR) is 113 cm³/mol. The van der Waals surface area contributed by atoms with Crippen molar-refractivity contribution in [1.82, 2.24) is 8.75 Å². The van der Waals surface area contributed by atoms with Gasteiger partial charge in [-0.3, -0.25) is 0 Å². The van der Waals surface area contributed by atoms with Crippen molar-refractivity contribution in [3.63, 3.8) is 0 Å². The smallest absolute Gasteiger partial charge is 0.0488 e. The third-order valence-electron chi connectivity index (χ3n) is 3.92. The number of rotatable bonds is 4. The molecule has 124 valence electrons. The lowest BCUT2D eigenvalue weighted by atomic mass is 10.0. The van der Waals surface area contributed by atoms with E-state index in [9.17, 15) is 0 Å². The number of benzene rings is 2. The monoisotopic (exact) mass is 490 g/mol. The first kappa shape index (κ1) is 17.1. The van der Waals surface area contributed by atoms with Gasteiger partial charge in [0.05, 0.1) is 0 Å². The van der Waals surface area contributed by atoms with E-state index in [1.165, 1.54) is 32.0 Å². The molecule has 0 atom stereocenters. The van der Waals surface area contributed by atoms with Crippen LogP contribution < -0.4 is 0 Å². The van der Waals surface area contributed by atoms with Gasteiger partial charge in [0.25, 0.3) is 0 Å². The van der Waals surface area contributed by atoms with E-state index in [0.717, 1.165) is 15.4 Å². The third kappa shape index (κ3) is 3.77. The Morgan fingerprint density at radius 1 is 0.640 bits per heavy atom. The van der Waals surface area contributed by atoms with Crippen LogP contribution in [0.1, 0.15) is 9.75 Å². The molecular weight excluding hydrogens is 480 g/mol. The minimum Gasteiger partial charge on any atom is -0.200 e. The summed E-state index contributed by atoms with van der Waals surface area (Å²) in [5.74, 6) is 0. The van der Waals surface area contributed by atoms with Crippen molar-refractivity contribution in [2.24, 2.45) is 0 Å². The highest BCUT2D eigenvalue weighted by atomic mass is 79.9. The molecule has 0 saturated heterocycles. The Kier molecular flexibility index (Phi) is 5.12. The van der Waals surface area contributed by atoms with Gasteiger partial charge in [0.1, 0.15) is 0 Å². The second-order valence-corrected chi connectivity index (χ2v) is 9.12. The maximum absolute atomic E-state index is 4.42. The van der Waals surface area contributed by atoms with Crippen LogP contribution >= 0.6 is 54.9 Å². The zero-order chi connectivity index (χ0) is 17.2. The molecule has 0 fully saturated rings. The number of aromatic nitrogens is 2. The maximum Gasteiger partial charge on any atom is 0.0488 e. The van der Waals surface area contributed by atoms with Crippen molar-refractivity contribution in [3.8, 4) is 22.3 Å². The number of hydrogen-bond acceptors (Lipinski definition) is 4. The van der Waals surface area contributed by atoms with Crippen molar-refractivity contribution >= 4 is 54.9 Å². The van der Waals surface area contributed by atoms with Gasteiger partial charge in [0.15, 0.2) is 0 Å². The minimum atomic E-state index is 0.853. The van der Waals surface area contributed by atoms with Crippen molar-refractivity contribution < 1.29 is 0 Å². The predicted octanol–water partition coefficient (Wildman–Crippen LogP) is 7.05. The molecule has 0 bridgehead atoms. The molecule has 0 radical (unpaired) electrons. The summed E-state index contributed by atoms with van der Waals surface area (Å²) in [6.07, 6.45) is 4.78. The summed E-state index contributed by atoms with van der Waals surface area (Å²) in [5, 5.41) is 0. The zero-order valence-corrected chi connectivity index (χ0v) is 17.8. The van der Waals surface area contributed by atoms with E-state index < -0.39 is 0 Å². The van der Waals surface area contributed by atoms with Crippen molar-refractivity contribution in [1.29, 1.82) is 0 Å². The molecule has 4 aromatic rings. The van der Waals surface area contributed by atoms with Gasteiger partial charge in [0.2, 0.25) is 0 Å². The summed E-state index contributed by atoms with van der Waals surface area (Å²) < 4.78 is 11.0. The molecule has 6 heteroatoms. The van der Waals surface area contributed by atoms with Crippen LogP contribution in [-0.2, 0) is 6.42 Å². The topological polar surface area (TPSA) is 25.8 Å². The maximum atomic E-state index is 4.42. The normalized spacial score (nSPS) is 11.0. The first-order valence-corrected chi connectivity index (χ1v) is 10.7. The number of halogens is 2. The number of hydrogen-bond donors (Lipinski definition) is 0. The van der Waals surface area contributed by atoms with Crippen molar-refractivity contribution in [2.45, 2.75) is 6.42 Å². The molecule has 2 heterocycles. The highest BCUT2D eigenvalue weighted by molar-refractivity contribution is 9.10. The van der Waals surface area contributed by atoms with Crippen LogP contribution in [0.15, 0.2) is 69.9 Å². The van der Waals surface area contributed by atoms with E-state index >= 15 is 0 Å². The zero-order valence-electron chi connectivity index (χ0n) is 12.9. The Hall–Kier alpha value is -1.34. The van der Waals surface area contributed by atoms with Gasteiger partial charge in [-0.1, -0.05) is 56.1 Å². The van der Waals surface area contributed by atoms with Crippen LogP contribution in [0.25, 0.3) is 22.3 Å². The van der Waals surface area contributed by atoms with E-state index in [2.05, 4.69) is 89.1 Å². The number of nitrogens with zero attached hydrogens (tertiary/aromatic N) is 2. The molecule has 0 aliphatic heterocycles. The quantitative estimate of drug-likeness (QED) is 0.305. The van der Waals surface area contributed by atoms with Gasteiger partial charge in [-0.2, -0.15) is 0 Å². The highest BCUT2D eigenvalue weighted by Crippen LogP contribution is 2.34. The molecule has 0 amide bonds. The fourth-order valence-electron chi connectivity index (χ4n) is 2.66. The lowest BCUT2D eigenvalue weighted by Gasteiger charge is -2.05. The Morgan fingerprint density at radius 2 is 1.04 bits per heavy atom. The van der Waals surface area contributed by atoms with Gasteiger partial charge in [0, 0.05) is 48.6 Å². The van der Waals surface area contributed by atoms with E-state index in [1.54, 1.807) is 23.1 Å². The lowest BCUT2D eigenvalue weighted by molar-refractivity contribution is 1.30. The van der Waals surface area contributed by atoms with Crippen LogP contribution in [-0.4, -0.2) is 8.75 Å². The molecule has 0 N–H and O–H groups in total. The molecule has 0 unspecified atom stereocenters. The molecule has 25 heavy (non-hydrogen) atoms. The highest BCUT2D eigenvalue weighted by Gasteiger charge is 2.14. The molecule has 2 aromatic carbocycles.